The van der Waals surface area contributed by atoms with Gasteiger partial charge in [-0.15, -0.1) is 0 Å². The van der Waals surface area contributed by atoms with Crippen molar-refractivity contribution in [2.75, 3.05) is 13.1 Å². The Hall–Kier alpha value is -0.350. The van der Waals surface area contributed by atoms with Crippen LogP contribution in [0.5, 0.6) is 0 Å². The van der Waals surface area contributed by atoms with Gasteiger partial charge in [-0.1, -0.05) is 0 Å². The maximum Gasteiger partial charge on any atom is 0.124 e. The van der Waals surface area contributed by atoms with Crippen molar-refractivity contribution in [1.29, 1.82) is 0 Å². The molecule has 13 heavy (non-hydrogen) atoms. The van der Waals surface area contributed by atoms with Gasteiger partial charge in [-0.05, 0) is 48.8 Å². The van der Waals surface area contributed by atoms with E-state index in [4.69, 9.17) is 0 Å². The average molecular weight is 244 g/mol. The van der Waals surface area contributed by atoms with Gasteiger partial charge in [-0.25, -0.2) is 4.98 Å². The molecule has 3 nitrogen and oxygen atoms in total. The maximum atomic E-state index is 4.35. The number of imidazole rings is 1. The monoisotopic (exact) mass is 243 g/mol. The first-order valence-electron chi connectivity index (χ1n) is 4.69. The fourth-order valence-corrected chi connectivity index (χ4v) is 2.38. The van der Waals surface area contributed by atoms with E-state index >= 15 is 0 Å². The predicted octanol–water partition coefficient (Wildman–Crippen LogP) is 1.88. The zero-order valence-electron chi connectivity index (χ0n) is 7.76. The van der Waals surface area contributed by atoms with Gasteiger partial charge in [-0.2, -0.15) is 0 Å². The third-order valence-corrected chi connectivity index (χ3v) is 2.97. The Kier molecular flexibility index (Phi) is 2.69. The van der Waals surface area contributed by atoms with Crippen molar-refractivity contribution in [2.24, 2.45) is 0 Å². The zero-order valence-corrected chi connectivity index (χ0v) is 9.34. The van der Waals surface area contributed by atoms with Gasteiger partial charge >= 0.3 is 0 Å². The van der Waals surface area contributed by atoms with Crippen molar-refractivity contribution in [2.45, 2.75) is 25.8 Å². The van der Waals surface area contributed by atoms with E-state index in [1.807, 2.05) is 0 Å². The largest absolute Gasteiger partial charge is 0.331 e. The first-order chi connectivity index (χ1) is 6.27. The second kappa shape index (κ2) is 3.80. The molecular weight excluding hydrogens is 230 g/mol. The van der Waals surface area contributed by atoms with Crippen molar-refractivity contribution < 1.29 is 0 Å². The van der Waals surface area contributed by atoms with Gasteiger partial charge in [0.1, 0.15) is 10.4 Å². The van der Waals surface area contributed by atoms with E-state index in [0.717, 1.165) is 23.5 Å². The molecule has 1 fully saturated rings. The van der Waals surface area contributed by atoms with E-state index in [1.54, 1.807) is 0 Å². The van der Waals surface area contributed by atoms with Crippen LogP contribution in [-0.4, -0.2) is 22.6 Å². The molecule has 0 radical (unpaired) electrons. The molecule has 0 atom stereocenters. The van der Waals surface area contributed by atoms with Gasteiger partial charge in [0.25, 0.3) is 0 Å². The van der Waals surface area contributed by atoms with Gasteiger partial charge in [0, 0.05) is 12.2 Å². The van der Waals surface area contributed by atoms with Crippen LogP contribution in [0.1, 0.15) is 24.7 Å². The Morgan fingerprint density at radius 2 is 2.23 bits per heavy atom. The van der Waals surface area contributed by atoms with Crippen LogP contribution >= 0.6 is 15.9 Å². The number of nitrogens with zero attached hydrogens (tertiary/aromatic N) is 2. The van der Waals surface area contributed by atoms with Crippen LogP contribution in [0.4, 0.5) is 0 Å². The van der Waals surface area contributed by atoms with E-state index in [0.29, 0.717) is 6.04 Å². The van der Waals surface area contributed by atoms with Crippen molar-refractivity contribution >= 4 is 15.9 Å². The van der Waals surface area contributed by atoms with E-state index in [-0.39, 0.29) is 0 Å². The number of rotatable bonds is 1. The Balaban J connectivity index is 2.18. The fourth-order valence-electron chi connectivity index (χ4n) is 1.90. The van der Waals surface area contributed by atoms with Gasteiger partial charge in [-0.3, -0.25) is 0 Å². The topological polar surface area (TPSA) is 29.9 Å². The standard InChI is InChI=1S/C9H14BrN3/c1-7-12-9(10)6-13(7)8-2-4-11-5-3-8/h6,8,11H,2-5H2,1H3. The molecule has 0 unspecified atom stereocenters. The highest BCUT2D eigenvalue weighted by Gasteiger charge is 2.16. The van der Waals surface area contributed by atoms with E-state index in [9.17, 15) is 0 Å². The molecule has 0 spiro atoms. The zero-order chi connectivity index (χ0) is 9.26. The summed E-state index contributed by atoms with van der Waals surface area (Å²) in [5.41, 5.74) is 0. The van der Waals surface area contributed by atoms with E-state index in [1.165, 1.54) is 12.8 Å². The van der Waals surface area contributed by atoms with Crippen molar-refractivity contribution in [3.8, 4) is 0 Å². The smallest absolute Gasteiger partial charge is 0.124 e. The number of halogens is 1. The van der Waals surface area contributed by atoms with Crippen LogP contribution < -0.4 is 5.32 Å². The van der Waals surface area contributed by atoms with Crippen LogP contribution in [0.3, 0.4) is 0 Å². The summed E-state index contributed by atoms with van der Waals surface area (Å²) in [6.45, 7) is 4.31. The number of piperidine rings is 1. The number of aryl methyl sites for hydroxylation is 1. The molecule has 0 amide bonds. The summed E-state index contributed by atoms with van der Waals surface area (Å²) in [6, 6.07) is 0.639. The lowest BCUT2D eigenvalue weighted by atomic mass is 10.1. The lowest BCUT2D eigenvalue weighted by Gasteiger charge is -2.24. The number of hydrogen-bond acceptors (Lipinski definition) is 2. The van der Waals surface area contributed by atoms with Gasteiger partial charge < -0.3 is 9.88 Å². The molecule has 0 saturated carbocycles. The van der Waals surface area contributed by atoms with Crippen molar-refractivity contribution in [3.63, 3.8) is 0 Å². The van der Waals surface area contributed by atoms with Gasteiger partial charge in [0.05, 0.1) is 0 Å². The minimum absolute atomic E-state index is 0.639. The third kappa shape index (κ3) is 1.94. The predicted molar refractivity (Wildman–Crippen MR) is 55.8 cm³/mol. The first kappa shape index (κ1) is 9.21. The number of aromatic nitrogens is 2. The van der Waals surface area contributed by atoms with E-state index in [2.05, 4.69) is 43.9 Å². The summed E-state index contributed by atoms with van der Waals surface area (Å²) in [4.78, 5) is 4.35. The number of nitrogens with one attached hydrogen (secondary N) is 1. The molecule has 1 N–H and O–H groups in total. The summed E-state index contributed by atoms with van der Waals surface area (Å²) < 4.78 is 3.23. The normalized spacial score (nSPS) is 19.2. The average Bonchev–Trinajstić information content (AvgIpc) is 2.47. The van der Waals surface area contributed by atoms with Crippen molar-refractivity contribution in [3.05, 3.63) is 16.6 Å². The SMILES string of the molecule is Cc1nc(Br)cn1C1CCNCC1. The minimum Gasteiger partial charge on any atom is -0.331 e. The highest BCUT2D eigenvalue weighted by molar-refractivity contribution is 9.10. The second-order valence-electron chi connectivity index (χ2n) is 3.50. The number of hydrogen-bond donors (Lipinski definition) is 1. The van der Waals surface area contributed by atoms with Crippen LogP contribution in [0.25, 0.3) is 0 Å². The quantitative estimate of drug-likeness (QED) is 0.817. The molecule has 2 rings (SSSR count). The minimum atomic E-state index is 0.639. The Morgan fingerprint density at radius 1 is 1.54 bits per heavy atom. The summed E-state index contributed by atoms with van der Waals surface area (Å²) in [7, 11) is 0. The van der Waals surface area contributed by atoms with Crippen LogP contribution in [0.15, 0.2) is 10.8 Å². The maximum absolute atomic E-state index is 4.35. The second-order valence-corrected chi connectivity index (χ2v) is 4.31. The van der Waals surface area contributed by atoms with Crippen molar-refractivity contribution in [1.82, 2.24) is 14.9 Å². The van der Waals surface area contributed by atoms with Gasteiger partial charge in [0.2, 0.25) is 0 Å². The van der Waals surface area contributed by atoms with Crippen LogP contribution in [-0.2, 0) is 0 Å². The molecule has 72 valence electrons. The molecule has 0 aromatic carbocycles. The molecule has 1 aromatic rings. The molecule has 1 aromatic heterocycles. The molecular formula is C9H14BrN3. The third-order valence-electron chi connectivity index (χ3n) is 2.59. The molecule has 0 bridgehead atoms. The summed E-state index contributed by atoms with van der Waals surface area (Å²) >= 11 is 3.40. The molecule has 1 aliphatic rings. The summed E-state index contributed by atoms with van der Waals surface area (Å²) in [5, 5.41) is 3.37. The lowest BCUT2D eigenvalue weighted by molar-refractivity contribution is 0.363. The molecule has 1 saturated heterocycles. The highest BCUT2D eigenvalue weighted by atomic mass is 79.9. The summed E-state index contributed by atoms with van der Waals surface area (Å²) in [6.07, 6.45) is 4.51. The molecule has 0 aliphatic carbocycles. The fraction of sp³-hybridized carbons (Fsp3) is 0.667. The Morgan fingerprint density at radius 3 is 2.77 bits per heavy atom. The van der Waals surface area contributed by atoms with E-state index < -0.39 is 0 Å². The summed E-state index contributed by atoms with van der Waals surface area (Å²) in [5.74, 6) is 1.11. The lowest BCUT2D eigenvalue weighted by Crippen LogP contribution is -2.29. The molecule has 4 heteroatoms. The molecule has 1 aliphatic heterocycles. The first-order valence-corrected chi connectivity index (χ1v) is 5.48. The van der Waals surface area contributed by atoms with Gasteiger partial charge in [0.15, 0.2) is 0 Å². The highest BCUT2D eigenvalue weighted by Crippen LogP contribution is 2.22. The van der Waals surface area contributed by atoms with Crippen LogP contribution in [0.2, 0.25) is 0 Å². The Labute approximate surface area is 86.7 Å². The molecule has 2 heterocycles. The van der Waals surface area contributed by atoms with Crippen LogP contribution in [0, 0.1) is 6.92 Å². The Bertz CT molecular complexity index is 289.